The minimum atomic E-state index is 0.195. The molecule has 1 saturated heterocycles. The van der Waals surface area contributed by atoms with E-state index in [1.54, 1.807) is 6.20 Å². The molecule has 4 rings (SSSR count). The monoisotopic (exact) mass is 384 g/mol. The number of carbonyl (C=O) groups is 1. The first-order valence-electron chi connectivity index (χ1n) is 10.8. The van der Waals surface area contributed by atoms with Gasteiger partial charge in [-0.25, -0.2) is 4.98 Å². The summed E-state index contributed by atoms with van der Waals surface area (Å²) < 4.78 is 5.86. The van der Waals surface area contributed by atoms with Crippen molar-refractivity contribution in [2.24, 2.45) is 17.3 Å². The molecule has 3 heterocycles. The maximum atomic E-state index is 12.6. The standard InChI is InChI=1S/C22H32N4O2/c1-16(2)13-22(8-5-9-22)15-24-19(27)12-17-6-4-11-26(14-17)21-25-20-18(28-21)7-3-10-23-20/h3,7,10,16-17H,4-6,8-9,11-15H2,1-2H3,(H,24,27). The van der Waals surface area contributed by atoms with Crippen LogP contribution in [-0.2, 0) is 4.79 Å². The van der Waals surface area contributed by atoms with Gasteiger partial charge in [-0.3, -0.25) is 4.79 Å². The van der Waals surface area contributed by atoms with Gasteiger partial charge >= 0.3 is 0 Å². The number of oxazole rings is 1. The van der Waals surface area contributed by atoms with Gasteiger partial charge in [0.05, 0.1) is 0 Å². The van der Waals surface area contributed by atoms with E-state index in [4.69, 9.17) is 4.42 Å². The van der Waals surface area contributed by atoms with Crippen molar-refractivity contribution in [3.8, 4) is 0 Å². The smallest absolute Gasteiger partial charge is 0.299 e. The molecule has 6 heteroatoms. The van der Waals surface area contributed by atoms with Crippen LogP contribution in [0.3, 0.4) is 0 Å². The van der Waals surface area contributed by atoms with Gasteiger partial charge in [0.15, 0.2) is 5.58 Å². The molecule has 1 aliphatic heterocycles. The summed E-state index contributed by atoms with van der Waals surface area (Å²) in [4.78, 5) is 23.5. The van der Waals surface area contributed by atoms with Crippen molar-refractivity contribution in [3.05, 3.63) is 18.3 Å². The van der Waals surface area contributed by atoms with Crippen LogP contribution in [0.1, 0.15) is 58.8 Å². The molecule has 0 radical (unpaired) electrons. The van der Waals surface area contributed by atoms with Crippen molar-refractivity contribution in [2.75, 3.05) is 24.5 Å². The zero-order chi connectivity index (χ0) is 19.6. The fraction of sp³-hybridized carbons (Fsp3) is 0.682. The number of amides is 1. The molecule has 1 unspecified atom stereocenters. The molecule has 0 bridgehead atoms. The molecule has 1 N–H and O–H groups in total. The van der Waals surface area contributed by atoms with Gasteiger partial charge in [0, 0.05) is 32.3 Å². The largest absolute Gasteiger partial charge is 0.422 e. The number of hydrogen-bond donors (Lipinski definition) is 1. The van der Waals surface area contributed by atoms with Crippen LogP contribution in [0.25, 0.3) is 11.2 Å². The molecule has 2 fully saturated rings. The van der Waals surface area contributed by atoms with Crippen LogP contribution < -0.4 is 10.2 Å². The number of pyridine rings is 1. The molecule has 2 aromatic rings. The maximum absolute atomic E-state index is 12.6. The van der Waals surface area contributed by atoms with E-state index in [2.05, 4.69) is 34.0 Å². The molecule has 1 aliphatic carbocycles. The Morgan fingerprint density at radius 2 is 2.25 bits per heavy atom. The van der Waals surface area contributed by atoms with Crippen molar-refractivity contribution in [2.45, 2.75) is 58.8 Å². The highest BCUT2D eigenvalue weighted by atomic mass is 16.4. The molecule has 0 aromatic carbocycles. The Morgan fingerprint density at radius 3 is 2.96 bits per heavy atom. The second-order valence-electron chi connectivity index (χ2n) is 9.21. The van der Waals surface area contributed by atoms with E-state index in [0.29, 0.717) is 40.9 Å². The second kappa shape index (κ2) is 8.10. The Morgan fingerprint density at radius 1 is 1.39 bits per heavy atom. The third-order valence-electron chi connectivity index (χ3n) is 6.33. The fourth-order valence-electron chi connectivity index (χ4n) is 4.91. The van der Waals surface area contributed by atoms with Crippen LogP contribution in [-0.4, -0.2) is 35.5 Å². The summed E-state index contributed by atoms with van der Waals surface area (Å²) in [5.41, 5.74) is 1.72. The zero-order valence-corrected chi connectivity index (χ0v) is 17.1. The summed E-state index contributed by atoms with van der Waals surface area (Å²) in [5, 5.41) is 3.25. The van der Waals surface area contributed by atoms with Gasteiger partial charge in [0.2, 0.25) is 11.6 Å². The van der Waals surface area contributed by atoms with Crippen molar-refractivity contribution in [1.82, 2.24) is 15.3 Å². The van der Waals surface area contributed by atoms with Crippen molar-refractivity contribution in [3.63, 3.8) is 0 Å². The van der Waals surface area contributed by atoms with Crippen LogP contribution in [0.5, 0.6) is 0 Å². The number of nitrogens with zero attached hydrogens (tertiary/aromatic N) is 3. The van der Waals surface area contributed by atoms with E-state index in [9.17, 15) is 4.79 Å². The topological polar surface area (TPSA) is 71.3 Å². The summed E-state index contributed by atoms with van der Waals surface area (Å²) >= 11 is 0. The van der Waals surface area contributed by atoms with Crippen LogP contribution >= 0.6 is 0 Å². The van der Waals surface area contributed by atoms with Crippen LogP contribution in [0, 0.1) is 17.3 Å². The van der Waals surface area contributed by atoms with Gasteiger partial charge < -0.3 is 14.6 Å². The van der Waals surface area contributed by atoms with E-state index >= 15 is 0 Å². The van der Waals surface area contributed by atoms with E-state index in [-0.39, 0.29) is 5.91 Å². The number of piperidine rings is 1. The number of aromatic nitrogens is 2. The average Bonchev–Trinajstić information content (AvgIpc) is 3.08. The fourth-order valence-corrected chi connectivity index (χ4v) is 4.91. The number of carbonyl (C=O) groups excluding carboxylic acids is 1. The minimum absolute atomic E-state index is 0.195. The van der Waals surface area contributed by atoms with Gasteiger partial charge in [0.25, 0.3) is 6.01 Å². The highest BCUT2D eigenvalue weighted by Gasteiger charge is 2.37. The van der Waals surface area contributed by atoms with Gasteiger partial charge in [0.1, 0.15) is 0 Å². The molecule has 1 amide bonds. The number of rotatable bonds is 7. The van der Waals surface area contributed by atoms with E-state index < -0.39 is 0 Å². The Hall–Kier alpha value is -2.11. The van der Waals surface area contributed by atoms with Crippen LogP contribution in [0.2, 0.25) is 0 Å². The normalized spacial score (nSPS) is 21.7. The number of fused-ring (bicyclic) bond motifs is 1. The molecule has 0 spiro atoms. The zero-order valence-electron chi connectivity index (χ0n) is 17.1. The van der Waals surface area contributed by atoms with E-state index in [0.717, 1.165) is 32.5 Å². The molecule has 2 aromatic heterocycles. The van der Waals surface area contributed by atoms with Crippen LogP contribution in [0.15, 0.2) is 22.7 Å². The molecule has 1 saturated carbocycles. The maximum Gasteiger partial charge on any atom is 0.299 e. The minimum Gasteiger partial charge on any atom is -0.422 e. The SMILES string of the molecule is CC(C)CC1(CNC(=O)CC2CCCN(c3nc4ncccc4o3)C2)CCC1. The predicted octanol–water partition coefficient (Wildman–Crippen LogP) is 4.16. The third-order valence-corrected chi connectivity index (χ3v) is 6.33. The molecule has 1 atom stereocenters. The average molecular weight is 385 g/mol. The first kappa shape index (κ1) is 19.2. The quantitative estimate of drug-likeness (QED) is 0.776. The van der Waals surface area contributed by atoms with Gasteiger partial charge in [-0.05, 0) is 61.5 Å². The summed E-state index contributed by atoms with van der Waals surface area (Å²) in [5.74, 6) is 1.23. The van der Waals surface area contributed by atoms with Crippen molar-refractivity contribution in [1.29, 1.82) is 0 Å². The number of anilines is 1. The van der Waals surface area contributed by atoms with Gasteiger partial charge in [-0.2, -0.15) is 4.98 Å². The number of nitrogens with one attached hydrogen (secondary N) is 1. The highest BCUT2D eigenvalue weighted by Crippen LogP contribution is 2.45. The molecular formula is C22H32N4O2. The van der Waals surface area contributed by atoms with Crippen molar-refractivity contribution < 1.29 is 9.21 Å². The third kappa shape index (κ3) is 4.31. The van der Waals surface area contributed by atoms with Gasteiger partial charge in [-0.15, -0.1) is 0 Å². The number of hydrogen-bond acceptors (Lipinski definition) is 5. The van der Waals surface area contributed by atoms with E-state index in [1.807, 2.05) is 12.1 Å². The molecular weight excluding hydrogens is 352 g/mol. The molecule has 2 aliphatic rings. The van der Waals surface area contributed by atoms with Gasteiger partial charge in [-0.1, -0.05) is 20.3 Å². The second-order valence-corrected chi connectivity index (χ2v) is 9.21. The lowest BCUT2D eigenvalue weighted by Crippen LogP contribution is -2.44. The lowest BCUT2D eigenvalue weighted by atomic mass is 9.64. The van der Waals surface area contributed by atoms with Crippen molar-refractivity contribution >= 4 is 23.2 Å². The molecule has 152 valence electrons. The lowest BCUT2D eigenvalue weighted by molar-refractivity contribution is -0.123. The Bertz CT molecular complexity index is 779. The molecule has 28 heavy (non-hydrogen) atoms. The Kier molecular flexibility index (Phi) is 5.56. The van der Waals surface area contributed by atoms with E-state index in [1.165, 1.54) is 25.7 Å². The lowest BCUT2D eigenvalue weighted by Gasteiger charge is -2.43. The predicted molar refractivity (Wildman–Crippen MR) is 110 cm³/mol. The first-order chi connectivity index (χ1) is 13.5. The summed E-state index contributed by atoms with van der Waals surface area (Å²) in [7, 11) is 0. The first-order valence-corrected chi connectivity index (χ1v) is 10.8. The summed E-state index contributed by atoms with van der Waals surface area (Å²) in [6.07, 6.45) is 9.50. The highest BCUT2D eigenvalue weighted by molar-refractivity contribution is 5.76. The summed E-state index contributed by atoms with van der Waals surface area (Å²) in [6.45, 7) is 7.14. The Balaban J connectivity index is 1.30. The summed E-state index contributed by atoms with van der Waals surface area (Å²) in [6, 6.07) is 4.37. The Labute approximate surface area is 167 Å². The van der Waals surface area contributed by atoms with Crippen LogP contribution in [0.4, 0.5) is 6.01 Å². The molecule has 6 nitrogen and oxygen atoms in total.